The Kier molecular flexibility index (Phi) is 14.8. The lowest BCUT2D eigenvalue weighted by Gasteiger charge is -2.30. The summed E-state index contributed by atoms with van der Waals surface area (Å²) in [5.74, 6) is 1.35. The summed E-state index contributed by atoms with van der Waals surface area (Å²) < 4.78 is 5.95. The normalized spacial score (nSPS) is 12.8. The number of rotatable bonds is 18. The minimum atomic E-state index is 0.223. The molecule has 0 bridgehead atoms. The van der Waals surface area contributed by atoms with E-state index in [1.165, 1.54) is 96.3 Å². The topological polar surface area (TPSA) is 29.5 Å². The smallest absolute Gasteiger partial charge is 0.160 e. The highest BCUT2D eigenvalue weighted by Crippen LogP contribution is 2.33. The van der Waals surface area contributed by atoms with Crippen LogP contribution in [0, 0.1) is 11.3 Å². The second kappa shape index (κ2) is 16.5. The number of ether oxygens (including phenoxy) is 1. The molecule has 0 aliphatic carbocycles. The number of phenols is 1. The fourth-order valence-electron chi connectivity index (χ4n) is 4.12. The van der Waals surface area contributed by atoms with E-state index in [2.05, 4.69) is 27.7 Å². The molecule has 1 aromatic rings. The molecular weight excluding hydrogens is 368 g/mol. The predicted octanol–water partition coefficient (Wildman–Crippen LogP) is 9.30. The van der Waals surface area contributed by atoms with E-state index >= 15 is 0 Å². The molecule has 0 heterocycles. The molecule has 1 aromatic carbocycles. The second-order valence-electron chi connectivity index (χ2n) is 10.2. The van der Waals surface area contributed by atoms with Gasteiger partial charge in [0.2, 0.25) is 0 Å². The van der Waals surface area contributed by atoms with Gasteiger partial charge in [-0.3, -0.25) is 0 Å². The molecule has 174 valence electrons. The van der Waals surface area contributed by atoms with Crippen LogP contribution in [0.15, 0.2) is 24.3 Å². The Morgan fingerprint density at radius 1 is 0.733 bits per heavy atom. The molecule has 0 fully saturated rings. The average Bonchev–Trinajstić information content (AvgIpc) is 2.70. The highest BCUT2D eigenvalue weighted by Gasteiger charge is 2.25. The van der Waals surface area contributed by atoms with Crippen molar-refractivity contribution in [1.82, 2.24) is 0 Å². The maximum atomic E-state index is 9.91. The monoisotopic (exact) mass is 418 g/mol. The Bertz CT molecular complexity index is 518. The zero-order chi connectivity index (χ0) is 22.1. The van der Waals surface area contributed by atoms with Gasteiger partial charge in [0.15, 0.2) is 11.5 Å². The van der Waals surface area contributed by atoms with E-state index in [0.717, 1.165) is 0 Å². The number of hydrogen-bond acceptors (Lipinski definition) is 2. The number of para-hydroxylation sites is 2. The number of benzene rings is 1. The van der Waals surface area contributed by atoms with Gasteiger partial charge in [-0.05, 0) is 29.9 Å². The first-order chi connectivity index (χ1) is 14.4. The highest BCUT2D eigenvalue weighted by molar-refractivity contribution is 5.37. The van der Waals surface area contributed by atoms with E-state index < -0.39 is 0 Å². The standard InChI is InChI=1S/C28H50O2/c1-5-6-7-8-9-10-11-12-13-14-15-16-17-18-21-25(28(2,3)4)24-30-27-23-20-19-22-26(27)29/h19-20,22-23,25,29H,5-18,21,24H2,1-4H3. The van der Waals surface area contributed by atoms with E-state index in [-0.39, 0.29) is 11.2 Å². The molecule has 0 spiro atoms. The van der Waals surface area contributed by atoms with Gasteiger partial charge < -0.3 is 9.84 Å². The van der Waals surface area contributed by atoms with Crippen molar-refractivity contribution in [3.05, 3.63) is 24.3 Å². The van der Waals surface area contributed by atoms with Crippen molar-refractivity contribution in [3.63, 3.8) is 0 Å². The van der Waals surface area contributed by atoms with Crippen molar-refractivity contribution in [3.8, 4) is 11.5 Å². The molecule has 0 amide bonds. The molecular formula is C28H50O2. The Morgan fingerprint density at radius 3 is 1.67 bits per heavy atom. The van der Waals surface area contributed by atoms with Crippen LogP contribution in [0.3, 0.4) is 0 Å². The molecule has 2 nitrogen and oxygen atoms in total. The fraction of sp³-hybridized carbons (Fsp3) is 0.786. The number of hydrogen-bond donors (Lipinski definition) is 1. The minimum absolute atomic E-state index is 0.223. The molecule has 1 unspecified atom stereocenters. The zero-order valence-electron chi connectivity index (χ0n) is 20.6. The quantitative estimate of drug-likeness (QED) is 0.241. The summed E-state index contributed by atoms with van der Waals surface area (Å²) in [6.45, 7) is 9.87. The van der Waals surface area contributed by atoms with Crippen LogP contribution in [0.5, 0.6) is 11.5 Å². The molecule has 1 rings (SSSR count). The average molecular weight is 419 g/mol. The summed E-state index contributed by atoms with van der Waals surface area (Å²) >= 11 is 0. The van der Waals surface area contributed by atoms with Crippen LogP contribution >= 0.6 is 0 Å². The lowest BCUT2D eigenvalue weighted by molar-refractivity contribution is 0.132. The summed E-state index contributed by atoms with van der Waals surface area (Å²) in [7, 11) is 0. The van der Waals surface area contributed by atoms with Gasteiger partial charge >= 0.3 is 0 Å². The van der Waals surface area contributed by atoms with Crippen molar-refractivity contribution >= 4 is 0 Å². The van der Waals surface area contributed by atoms with E-state index in [0.29, 0.717) is 18.3 Å². The molecule has 0 aliphatic rings. The summed E-state index contributed by atoms with van der Waals surface area (Å²) in [5, 5.41) is 9.91. The van der Waals surface area contributed by atoms with Crippen LogP contribution in [0.1, 0.15) is 124 Å². The molecule has 1 atom stereocenters. The molecule has 2 heteroatoms. The lowest BCUT2D eigenvalue weighted by atomic mass is 9.78. The van der Waals surface area contributed by atoms with Crippen molar-refractivity contribution in [1.29, 1.82) is 0 Å². The van der Waals surface area contributed by atoms with Gasteiger partial charge in [-0.1, -0.05) is 130 Å². The second-order valence-corrected chi connectivity index (χ2v) is 10.2. The van der Waals surface area contributed by atoms with Gasteiger partial charge in [0.25, 0.3) is 0 Å². The van der Waals surface area contributed by atoms with Gasteiger partial charge in [-0.2, -0.15) is 0 Å². The summed E-state index contributed by atoms with van der Waals surface area (Å²) in [6, 6.07) is 7.28. The summed E-state index contributed by atoms with van der Waals surface area (Å²) in [4.78, 5) is 0. The fourth-order valence-corrected chi connectivity index (χ4v) is 4.12. The summed E-state index contributed by atoms with van der Waals surface area (Å²) in [5.41, 5.74) is 0.223. The Balaban J connectivity index is 2.05. The third kappa shape index (κ3) is 13.2. The number of phenolic OH excluding ortho intramolecular Hbond substituents is 1. The highest BCUT2D eigenvalue weighted by atomic mass is 16.5. The van der Waals surface area contributed by atoms with E-state index in [1.807, 2.05) is 18.2 Å². The van der Waals surface area contributed by atoms with Gasteiger partial charge in [-0.25, -0.2) is 0 Å². The van der Waals surface area contributed by atoms with Crippen LogP contribution in [-0.2, 0) is 0 Å². The van der Waals surface area contributed by atoms with Crippen molar-refractivity contribution in [2.24, 2.45) is 11.3 Å². The minimum Gasteiger partial charge on any atom is -0.504 e. The van der Waals surface area contributed by atoms with Gasteiger partial charge in [0.1, 0.15) is 0 Å². The van der Waals surface area contributed by atoms with E-state index in [9.17, 15) is 5.11 Å². The van der Waals surface area contributed by atoms with E-state index in [4.69, 9.17) is 4.74 Å². The Hall–Kier alpha value is -1.18. The van der Waals surface area contributed by atoms with Crippen LogP contribution in [0.4, 0.5) is 0 Å². The largest absolute Gasteiger partial charge is 0.504 e. The Morgan fingerprint density at radius 2 is 1.20 bits per heavy atom. The molecule has 0 saturated carbocycles. The first-order valence-electron chi connectivity index (χ1n) is 12.9. The van der Waals surface area contributed by atoms with Crippen LogP contribution in [0.2, 0.25) is 0 Å². The first kappa shape index (κ1) is 26.9. The SMILES string of the molecule is CCCCCCCCCCCCCCCCC(COc1ccccc1O)C(C)(C)C. The number of unbranched alkanes of at least 4 members (excludes halogenated alkanes) is 13. The first-order valence-corrected chi connectivity index (χ1v) is 12.9. The van der Waals surface area contributed by atoms with Crippen molar-refractivity contribution in [2.45, 2.75) is 124 Å². The van der Waals surface area contributed by atoms with Crippen LogP contribution < -0.4 is 4.74 Å². The molecule has 30 heavy (non-hydrogen) atoms. The van der Waals surface area contributed by atoms with Crippen molar-refractivity contribution < 1.29 is 9.84 Å². The van der Waals surface area contributed by atoms with Crippen LogP contribution in [-0.4, -0.2) is 11.7 Å². The van der Waals surface area contributed by atoms with Crippen LogP contribution in [0.25, 0.3) is 0 Å². The predicted molar refractivity (Wildman–Crippen MR) is 131 cm³/mol. The van der Waals surface area contributed by atoms with Gasteiger partial charge in [-0.15, -0.1) is 0 Å². The molecule has 0 radical (unpaired) electrons. The maximum absolute atomic E-state index is 9.91. The molecule has 0 saturated heterocycles. The molecule has 0 aromatic heterocycles. The Labute approximate surface area is 187 Å². The third-order valence-corrected chi connectivity index (χ3v) is 6.44. The van der Waals surface area contributed by atoms with Gasteiger partial charge in [0.05, 0.1) is 6.61 Å². The number of aromatic hydroxyl groups is 1. The van der Waals surface area contributed by atoms with Gasteiger partial charge in [0, 0.05) is 0 Å². The molecule has 0 aliphatic heterocycles. The summed E-state index contributed by atoms with van der Waals surface area (Å²) in [6.07, 6.45) is 20.8. The maximum Gasteiger partial charge on any atom is 0.160 e. The van der Waals surface area contributed by atoms with E-state index in [1.54, 1.807) is 6.07 Å². The third-order valence-electron chi connectivity index (χ3n) is 6.44. The molecule has 1 N–H and O–H groups in total. The lowest BCUT2D eigenvalue weighted by Crippen LogP contribution is -2.26. The zero-order valence-corrected chi connectivity index (χ0v) is 20.6. The van der Waals surface area contributed by atoms with Crippen molar-refractivity contribution in [2.75, 3.05) is 6.61 Å².